The minimum Gasteiger partial charge on any atom is -0.507 e. The smallest absolute Gasteiger partial charge is 0.285 e. The Morgan fingerprint density at radius 1 is 1.26 bits per heavy atom. The minimum atomic E-state index is -3.70. The van der Waals surface area contributed by atoms with Crippen molar-refractivity contribution in [1.82, 2.24) is 5.01 Å². The molecular formula is C15H12ClN3O3S. The summed E-state index contributed by atoms with van der Waals surface area (Å²) in [5.41, 5.74) is 0.904. The SMILES string of the molecule is CN(/N=C/c1cc(Cl)ccc1O)C1=NS(=O)(=O)c2ccccc21. The number of amidine groups is 1. The fourth-order valence-corrected chi connectivity index (χ4v) is 3.57. The van der Waals surface area contributed by atoms with Gasteiger partial charge in [0.25, 0.3) is 10.0 Å². The summed E-state index contributed by atoms with van der Waals surface area (Å²) in [5, 5.41) is 15.7. The lowest BCUT2D eigenvalue weighted by atomic mass is 10.2. The molecule has 0 atom stereocenters. The zero-order valence-corrected chi connectivity index (χ0v) is 13.6. The molecule has 0 aromatic heterocycles. The molecule has 0 bridgehead atoms. The molecular weight excluding hydrogens is 338 g/mol. The van der Waals surface area contributed by atoms with E-state index in [1.807, 2.05) is 0 Å². The first kappa shape index (κ1) is 15.5. The van der Waals surface area contributed by atoms with Crippen LogP contribution in [-0.2, 0) is 10.0 Å². The molecule has 1 N–H and O–H groups in total. The highest BCUT2D eigenvalue weighted by molar-refractivity contribution is 7.90. The van der Waals surface area contributed by atoms with Crippen molar-refractivity contribution in [3.05, 3.63) is 58.6 Å². The van der Waals surface area contributed by atoms with Gasteiger partial charge in [-0.25, -0.2) is 5.01 Å². The fourth-order valence-electron chi connectivity index (χ4n) is 2.15. The van der Waals surface area contributed by atoms with Crippen molar-refractivity contribution in [2.45, 2.75) is 4.90 Å². The second kappa shape index (κ2) is 5.68. The van der Waals surface area contributed by atoms with E-state index in [1.54, 1.807) is 37.4 Å². The summed E-state index contributed by atoms with van der Waals surface area (Å²) >= 11 is 5.87. The number of aromatic hydroxyl groups is 1. The van der Waals surface area contributed by atoms with Crippen molar-refractivity contribution in [1.29, 1.82) is 0 Å². The van der Waals surface area contributed by atoms with Crippen LogP contribution in [0.1, 0.15) is 11.1 Å². The molecule has 8 heteroatoms. The normalized spacial score (nSPS) is 15.5. The maximum Gasteiger partial charge on any atom is 0.285 e. The highest BCUT2D eigenvalue weighted by Gasteiger charge is 2.30. The molecule has 0 aliphatic carbocycles. The van der Waals surface area contributed by atoms with E-state index in [4.69, 9.17) is 11.6 Å². The molecule has 2 aromatic rings. The molecule has 0 unspecified atom stereocenters. The van der Waals surface area contributed by atoms with Crippen molar-refractivity contribution in [2.24, 2.45) is 9.50 Å². The summed E-state index contributed by atoms with van der Waals surface area (Å²) in [6.07, 6.45) is 1.39. The second-order valence-electron chi connectivity index (χ2n) is 4.86. The number of fused-ring (bicyclic) bond motifs is 1. The van der Waals surface area contributed by atoms with E-state index < -0.39 is 10.0 Å². The summed E-state index contributed by atoms with van der Waals surface area (Å²) in [4.78, 5) is 0.155. The molecule has 0 fully saturated rings. The van der Waals surface area contributed by atoms with Gasteiger partial charge in [-0.3, -0.25) is 0 Å². The number of hydrogen-bond acceptors (Lipinski definition) is 5. The molecule has 1 aliphatic heterocycles. The van der Waals surface area contributed by atoms with Crippen LogP contribution < -0.4 is 0 Å². The average molecular weight is 350 g/mol. The minimum absolute atomic E-state index is 0.0212. The van der Waals surface area contributed by atoms with Crippen LogP contribution >= 0.6 is 11.6 Å². The van der Waals surface area contributed by atoms with Gasteiger partial charge in [0.1, 0.15) is 10.6 Å². The van der Waals surface area contributed by atoms with Crippen LogP contribution in [-0.4, -0.2) is 37.6 Å². The van der Waals surface area contributed by atoms with Crippen molar-refractivity contribution in [3.63, 3.8) is 0 Å². The van der Waals surface area contributed by atoms with E-state index in [0.717, 1.165) is 0 Å². The van der Waals surface area contributed by atoms with Gasteiger partial charge < -0.3 is 5.11 Å². The summed E-state index contributed by atoms with van der Waals surface area (Å²) in [7, 11) is -2.12. The molecule has 1 heterocycles. The standard InChI is InChI=1S/C15H12ClN3O3S/c1-19(17-9-10-8-11(16)6-7-13(10)20)15-12-4-2-3-5-14(12)23(21,22)18-15/h2-9,20H,1H3/b17-9+. The van der Waals surface area contributed by atoms with Crippen LogP contribution in [0.5, 0.6) is 5.75 Å². The van der Waals surface area contributed by atoms with E-state index in [2.05, 4.69) is 9.50 Å². The van der Waals surface area contributed by atoms with Gasteiger partial charge in [-0.1, -0.05) is 23.7 Å². The maximum atomic E-state index is 12.0. The number of sulfonamides is 1. The van der Waals surface area contributed by atoms with E-state index in [9.17, 15) is 13.5 Å². The Bertz CT molecular complexity index is 939. The van der Waals surface area contributed by atoms with Gasteiger partial charge in [0.2, 0.25) is 0 Å². The third-order valence-corrected chi connectivity index (χ3v) is 4.84. The molecule has 0 spiro atoms. The van der Waals surface area contributed by atoms with Crippen LogP contribution in [0.3, 0.4) is 0 Å². The first-order valence-corrected chi connectivity index (χ1v) is 8.41. The molecule has 118 valence electrons. The van der Waals surface area contributed by atoms with Crippen molar-refractivity contribution >= 4 is 33.7 Å². The van der Waals surface area contributed by atoms with Gasteiger partial charge in [0, 0.05) is 23.2 Å². The number of hydrazone groups is 1. The van der Waals surface area contributed by atoms with Crippen LogP contribution in [0.2, 0.25) is 5.02 Å². The lowest BCUT2D eigenvalue weighted by Crippen LogP contribution is -2.21. The van der Waals surface area contributed by atoms with Gasteiger partial charge in [0.15, 0.2) is 5.84 Å². The number of halogens is 1. The molecule has 1 aliphatic rings. The van der Waals surface area contributed by atoms with E-state index in [-0.39, 0.29) is 16.5 Å². The predicted octanol–water partition coefficient (Wildman–Crippen LogP) is 2.46. The Morgan fingerprint density at radius 3 is 2.78 bits per heavy atom. The third kappa shape index (κ3) is 2.93. The molecule has 0 amide bonds. The highest BCUT2D eigenvalue weighted by Crippen LogP contribution is 2.27. The molecule has 0 radical (unpaired) electrons. The van der Waals surface area contributed by atoms with Crippen molar-refractivity contribution < 1.29 is 13.5 Å². The van der Waals surface area contributed by atoms with E-state index in [0.29, 0.717) is 16.1 Å². The van der Waals surface area contributed by atoms with E-state index >= 15 is 0 Å². The predicted molar refractivity (Wildman–Crippen MR) is 88.6 cm³/mol. The monoisotopic (exact) mass is 349 g/mol. The molecule has 0 saturated heterocycles. The van der Waals surface area contributed by atoms with Crippen LogP contribution in [0.25, 0.3) is 0 Å². The number of phenolic OH excluding ortho intramolecular Hbond substituents is 1. The highest BCUT2D eigenvalue weighted by atomic mass is 35.5. The van der Waals surface area contributed by atoms with Crippen LogP contribution in [0.15, 0.2) is 56.9 Å². The molecule has 3 rings (SSSR count). The van der Waals surface area contributed by atoms with Gasteiger partial charge in [-0.2, -0.15) is 13.5 Å². The largest absolute Gasteiger partial charge is 0.507 e. The topological polar surface area (TPSA) is 82.3 Å². The van der Waals surface area contributed by atoms with Gasteiger partial charge >= 0.3 is 0 Å². The van der Waals surface area contributed by atoms with Crippen molar-refractivity contribution in [2.75, 3.05) is 7.05 Å². The zero-order valence-electron chi connectivity index (χ0n) is 12.0. The lowest BCUT2D eigenvalue weighted by Gasteiger charge is -2.12. The molecule has 0 saturated carbocycles. The van der Waals surface area contributed by atoms with Crippen LogP contribution in [0, 0.1) is 0 Å². The molecule has 2 aromatic carbocycles. The zero-order chi connectivity index (χ0) is 16.6. The third-order valence-electron chi connectivity index (χ3n) is 3.28. The number of nitrogens with zero attached hydrogens (tertiary/aromatic N) is 3. The second-order valence-corrected chi connectivity index (χ2v) is 6.87. The Kier molecular flexibility index (Phi) is 3.83. The average Bonchev–Trinajstić information content (AvgIpc) is 2.80. The first-order valence-electron chi connectivity index (χ1n) is 6.59. The Hall–Kier alpha value is -2.38. The summed E-state index contributed by atoms with van der Waals surface area (Å²) in [6.45, 7) is 0. The lowest BCUT2D eigenvalue weighted by molar-refractivity contribution is 0.474. The summed E-state index contributed by atoms with van der Waals surface area (Å²) < 4.78 is 27.8. The summed E-state index contributed by atoms with van der Waals surface area (Å²) in [5.74, 6) is 0.242. The molecule has 23 heavy (non-hydrogen) atoms. The van der Waals surface area contributed by atoms with Gasteiger partial charge in [-0.05, 0) is 30.3 Å². The van der Waals surface area contributed by atoms with Gasteiger partial charge in [-0.15, -0.1) is 4.40 Å². The van der Waals surface area contributed by atoms with E-state index in [1.165, 1.54) is 23.4 Å². The Balaban J connectivity index is 1.94. The van der Waals surface area contributed by atoms with Crippen molar-refractivity contribution in [3.8, 4) is 5.75 Å². The number of benzene rings is 2. The van der Waals surface area contributed by atoms with Gasteiger partial charge in [0.05, 0.1) is 6.21 Å². The maximum absolute atomic E-state index is 12.0. The Morgan fingerprint density at radius 2 is 2.00 bits per heavy atom. The number of phenols is 1. The quantitative estimate of drug-likeness (QED) is 0.667. The summed E-state index contributed by atoms with van der Waals surface area (Å²) in [6, 6.07) is 11.1. The molecule has 6 nitrogen and oxygen atoms in total. The fraction of sp³-hybridized carbons (Fsp3) is 0.0667. The first-order chi connectivity index (χ1) is 10.9. The Labute approximate surface area is 138 Å². The number of hydrogen-bond donors (Lipinski definition) is 1. The number of rotatable bonds is 2. The van der Waals surface area contributed by atoms with Crippen LogP contribution in [0.4, 0.5) is 0 Å².